The number of fused-ring (bicyclic) bond motifs is 1. The van der Waals surface area contributed by atoms with Gasteiger partial charge in [0.1, 0.15) is 12.4 Å². The third-order valence-corrected chi connectivity index (χ3v) is 2.94. The lowest BCUT2D eigenvalue weighted by Gasteiger charge is -2.04. The molecule has 0 bridgehead atoms. The van der Waals surface area contributed by atoms with Crippen molar-refractivity contribution in [1.82, 2.24) is 25.0 Å². The van der Waals surface area contributed by atoms with E-state index in [1.807, 2.05) is 24.3 Å². The van der Waals surface area contributed by atoms with Crippen LogP contribution in [0.2, 0.25) is 0 Å². The zero-order valence-corrected chi connectivity index (χ0v) is 10.8. The normalized spacial score (nSPS) is 11.1. The maximum atomic E-state index is 8.86. The molecule has 7 heteroatoms. The van der Waals surface area contributed by atoms with Gasteiger partial charge in [-0.3, -0.25) is 0 Å². The molecule has 20 heavy (non-hydrogen) atoms. The summed E-state index contributed by atoms with van der Waals surface area (Å²) < 4.78 is 1.63. The molecule has 0 spiro atoms. The Morgan fingerprint density at radius 1 is 1.20 bits per heavy atom. The minimum atomic E-state index is 0.0537. The quantitative estimate of drug-likeness (QED) is 0.710. The average molecular weight is 270 g/mol. The van der Waals surface area contributed by atoms with Crippen LogP contribution in [-0.2, 0) is 13.0 Å². The number of benzene rings is 1. The van der Waals surface area contributed by atoms with E-state index in [0.29, 0.717) is 24.6 Å². The van der Waals surface area contributed by atoms with Gasteiger partial charge in [-0.2, -0.15) is 0 Å². The van der Waals surface area contributed by atoms with Gasteiger partial charge >= 0.3 is 0 Å². The predicted octanol–water partition coefficient (Wildman–Crippen LogP) is 0.387. The predicted molar refractivity (Wildman–Crippen MR) is 73.9 cm³/mol. The number of aromatic nitrogens is 5. The molecule has 0 saturated carbocycles. The summed E-state index contributed by atoms with van der Waals surface area (Å²) in [6.07, 6.45) is 2.26. The molecule has 1 aromatic carbocycles. The Hall–Kier alpha value is -2.54. The number of aliphatic hydroxyl groups excluding tert-OH is 1. The second-order valence-electron chi connectivity index (χ2n) is 4.42. The van der Waals surface area contributed by atoms with Crippen molar-refractivity contribution < 1.29 is 5.11 Å². The van der Waals surface area contributed by atoms with Crippen LogP contribution in [0.4, 0.5) is 5.82 Å². The lowest BCUT2D eigenvalue weighted by Crippen LogP contribution is -2.07. The fourth-order valence-electron chi connectivity index (χ4n) is 2.01. The zero-order chi connectivity index (χ0) is 13.9. The number of nitrogens with two attached hydrogens (primary N) is 1. The van der Waals surface area contributed by atoms with Gasteiger partial charge in [-0.25, -0.2) is 14.6 Å². The minimum Gasteiger partial charge on any atom is -0.396 e. The number of nitrogen functional groups attached to an aromatic ring is 1. The van der Waals surface area contributed by atoms with E-state index in [1.165, 1.54) is 0 Å². The Morgan fingerprint density at radius 3 is 2.90 bits per heavy atom. The summed E-state index contributed by atoms with van der Waals surface area (Å²) in [4.78, 5) is 8.74. The first-order chi connectivity index (χ1) is 9.76. The Kier molecular flexibility index (Phi) is 3.26. The second-order valence-corrected chi connectivity index (χ2v) is 4.42. The van der Waals surface area contributed by atoms with Crippen LogP contribution in [0.25, 0.3) is 10.9 Å². The Labute approximate surface area is 115 Å². The number of anilines is 1. The monoisotopic (exact) mass is 270 g/mol. The smallest absolute Gasteiger partial charge is 0.152 e. The van der Waals surface area contributed by atoms with Gasteiger partial charge in [-0.1, -0.05) is 17.3 Å². The van der Waals surface area contributed by atoms with Crippen LogP contribution in [0.3, 0.4) is 0 Å². The summed E-state index contributed by atoms with van der Waals surface area (Å²) >= 11 is 0. The molecule has 102 valence electrons. The largest absolute Gasteiger partial charge is 0.396 e. The van der Waals surface area contributed by atoms with Gasteiger partial charge in [0.25, 0.3) is 0 Å². The van der Waals surface area contributed by atoms with Crippen molar-refractivity contribution in [3.05, 3.63) is 42.0 Å². The topological polar surface area (TPSA) is 103 Å². The summed E-state index contributed by atoms with van der Waals surface area (Å²) in [6.45, 7) is 0.450. The van der Waals surface area contributed by atoms with Crippen LogP contribution >= 0.6 is 0 Å². The molecule has 7 nitrogen and oxygen atoms in total. The van der Waals surface area contributed by atoms with E-state index in [2.05, 4.69) is 20.3 Å². The van der Waals surface area contributed by atoms with Crippen LogP contribution in [0, 0.1) is 0 Å². The standard InChI is InChI=1S/C13H14N6O/c14-13-10-3-1-2-4-11(10)15-12(16-13)8-19-7-9(5-6-20)17-18-19/h1-4,7,20H,5-6,8H2,(H2,14,15,16). The summed E-state index contributed by atoms with van der Waals surface area (Å²) in [5, 5.41) is 17.6. The Morgan fingerprint density at radius 2 is 2.05 bits per heavy atom. The molecule has 0 fully saturated rings. The van der Waals surface area contributed by atoms with Crippen molar-refractivity contribution in [3.63, 3.8) is 0 Å². The van der Waals surface area contributed by atoms with Crippen LogP contribution in [0.1, 0.15) is 11.5 Å². The third kappa shape index (κ3) is 2.43. The molecule has 0 saturated heterocycles. The van der Waals surface area contributed by atoms with Crippen molar-refractivity contribution >= 4 is 16.7 Å². The molecule has 0 unspecified atom stereocenters. The first-order valence-corrected chi connectivity index (χ1v) is 6.27. The van der Waals surface area contributed by atoms with Gasteiger partial charge in [0.2, 0.25) is 0 Å². The molecule has 0 radical (unpaired) electrons. The Balaban J connectivity index is 1.90. The van der Waals surface area contributed by atoms with Crippen LogP contribution in [-0.4, -0.2) is 36.7 Å². The van der Waals surface area contributed by atoms with Gasteiger partial charge < -0.3 is 10.8 Å². The summed E-state index contributed by atoms with van der Waals surface area (Å²) in [5.41, 5.74) is 7.48. The molecule has 3 rings (SSSR count). The van der Waals surface area contributed by atoms with Gasteiger partial charge in [-0.15, -0.1) is 5.10 Å². The van der Waals surface area contributed by atoms with E-state index in [0.717, 1.165) is 16.6 Å². The number of para-hydroxylation sites is 1. The highest BCUT2D eigenvalue weighted by molar-refractivity contribution is 5.87. The number of nitrogens with zero attached hydrogens (tertiary/aromatic N) is 5. The highest BCUT2D eigenvalue weighted by Crippen LogP contribution is 2.17. The zero-order valence-electron chi connectivity index (χ0n) is 10.8. The fourth-order valence-corrected chi connectivity index (χ4v) is 2.01. The van der Waals surface area contributed by atoms with E-state index in [4.69, 9.17) is 10.8 Å². The van der Waals surface area contributed by atoms with Crippen LogP contribution in [0.5, 0.6) is 0 Å². The number of hydrogen-bond donors (Lipinski definition) is 2. The van der Waals surface area contributed by atoms with Crippen molar-refractivity contribution in [2.75, 3.05) is 12.3 Å². The molecule has 0 amide bonds. The molecule has 3 N–H and O–H groups in total. The van der Waals surface area contributed by atoms with E-state index in [-0.39, 0.29) is 6.61 Å². The van der Waals surface area contributed by atoms with Crippen molar-refractivity contribution in [2.24, 2.45) is 0 Å². The molecular weight excluding hydrogens is 256 g/mol. The first-order valence-electron chi connectivity index (χ1n) is 6.27. The van der Waals surface area contributed by atoms with Crippen LogP contribution < -0.4 is 5.73 Å². The number of rotatable bonds is 4. The lowest BCUT2D eigenvalue weighted by molar-refractivity contribution is 0.298. The molecule has 0 atom stereocenters. The minimum absolute atomic E-state index is 0.0537. The van der Waals surface area contributed by atoms with E-state index in [9.17, 15) is 0 Å². The number of aliphatic hydroxyl groups is 1. The van der Waals surface area contributed by atoms with Gasteiger partial charge in [0.15, 0.2) is 5.82 Å². The van der Waals surface area contributed by atoms with Crippen molar-refractivity contribution in [3.8, 4) is 0 Å². The third-order valence-electron chi connectivity index (χ3n) is 2.94. The maximum Gasteiger partial charge on any atom is 0.152 e. The van der Waals surface area contributed by atoms with Crippen molar-refractivity contribution in [2.45, 2.75) is 13.0 Å². The lowest BCUT2D eigenvalue weighted by atomic mass is 10.2. The molecular formula is C13H14N6O. The molecule has 0 aliphatic rings. The van der Waals surface area contributed by atoms with E-state index >= 15 is 0 Å². The highest BCUT2D eigenvalue weighted by atomic mass is 16.3. The molecule has 3 aromatic rings. The summed E-state index contributed by atoms with van der Waals surface area (Å²) in [5.74, 6) is 1.04. The SMILES string of the molecule is Nc1nc(Cn2cc(CCO)nn2)nc2ccccc12. The van der Waals surface area contributed by atoms with Gasteiger partial charge in [0.05, 0.1) is 11.2 Å². The molecule has 2 heterocycles. The first kappa shape index (κ1) is 12.5. The summed E-state index contributed by atoms with van der Waals surface area (Å²) in [7, 11) is 0. The van der Waals surface area contributed by atoms with E-state index in [1.54, 1.807) is 10.9 Å². The Bertz CT molecular complexity index is 739. The second kappa shape index (κ2) is 5.22. The van der Waals surface area contributed by atoms with Gasteiger partial charge in [-0.05, 0) is 12.1 Å². The fraction of sp³-hybridized carbons (Fsp3) is 0.231. The molecule has 0 aliphatic heterocycles. The van der Waals surface area contributed by atoms with Gasteiger partial charge in [0, 0.05) is 24.6 Å². The maximum absolute atomic E-state index is 8.86. The number of hydrogen-bond acceptors (Lipinski definition) is 6. The molecule has 2 aromatic heterocycles. The highest BCUT2D eigenvalue weighted by Gasteiger charge is 2.07. The van der Waals surface area contributed by atoms with Crippen LogP contribution in [0.15, 0.2) is 30.5 Å². The van der Waals surface area contributed by atoms with Crippen molar-refractivity contribution in [1.29, 1.82) is 0 Å². The molecule has 0 aliphatic carbocycles. The average Bonchev–Trinajstić information content (AvgIpc) is 2.87. The summed E-state index contributed by atoms with van der Waals surface area (Å²) in [6, 6.07) is 7.60. The van der Waals surface area contributed by atoms with E-state index < -0.39 is 0 Å².